The van der Waals surface area contributed by atoms with Crippen molar-refractivity contribution in [2.24, 2.45) is 0 Å². The van der Waals surface area contributed by atoms with Gasteiger partial charge in [0.2, 0.25) is 0 Å². The van der Waals surface area contributed by atoms with Gasteiger partial charge in [-0.2, -0.15) is 12.6 Å². The lowest BCUT2D eigenvalue weighted by atomic mass is 10.2. The molecule has 0 fully saturated rings. The lowest BCUT2D eigenvalue weighted by molar-refractivity contribution is 0.321. The molecule has 2 aromatic rings. The van der Waals surface area contributed by atoms with E-state index in [0.717, 1.165) is 16.3 Å². The molecule has 1 aromatic heterocycles. The second kappa shape index (κ2) is 5.51. The van der Waals surface area contributed by atoms with Gasteiger partial charge in [0, 0.05) is 16.7 Å². The van der Waals surface area contributed by atoms with Crippen LogP contribution in [0.4, 0.5) is 4.39 Å². The Bertz CT molecular complexity index is 513. The summed E-state index contributed by atoms with van der Waals surface area (Å²) in [6.07, 6.45) is 0. The fourth-order valence-corrected chi connectivity index (χ4v) is 2.52. The molecule has 2 rings (SSSR count). The van der Waals surface area contributed by atoms with Gasteiger partial charge in [-0.15, -0.1) is 11.3 Å². The molecule has 0 atom stereocenters. The SMILES string of the molecule is CCOc1ccc(-c2nc(CS)cs2)cc1F. The van der Waals surface area contributed by atoms with Crippen LogP contribution in [0, 0.1) is 5.82 Å². The first kappa shape index (κ1) is 12.4. The third-order valence-corrected chi connectivity index (χ3v) is 3.46. The van der Waals surface area contributed by atoms with Gasteiger partial charge in [-0.05, 0) is 25.1 Å². The third kappa shape index (κ3) is 2.79. The zero-order valence-corrected chi connectivity index (χ0v) is 11.0. The summed E-state index contributed by atoms with van der Waals surface area (Å²) in [5, 5.41) is 2.73. The Labute approximate surface area is 109 Å². The zero-order valence-electron chi connectivity index (χ0n) is 9.31. The third-order valence-electron chi connectivity index (χ3n) is 2.19. The number of nitrogens with zero attached hydrogens (tertiary/aromatic N) is 1. The molecule has 0 N–H and O–H groups in total. The molecule has 90 valence electrons. The van der Waals surface area contributed by atoms with Gasteiger partial charge < -0.3 is 4.74 Å². The van der Waals surface area contributed by atoms with Crippen LogP contribution in [0.15, 0.2) is 23.6 Å². The van der Waals surface area contributed by atoms with E-state index < -0.39 is 0 Å². The number of ether oxygens (including phenoxy) is 1. The maximum atomic E-state index is 13.6. The molecule has 5 heteroatoms. The molecule has 0 aliphatic rings. The van der Waals surface area contributed by atoms with E-state index >= 15 is 0 Å². The molecule has 2 nitrogen and oxygen atoms in total. The summed E-state index contributed by atoms with van der Waals surface area (Å²) in [4.78, 5) is 4.35. The summed E-state index contributed by atoms with van der Waals surface area (Å²) >= 11 is 5.64. The summed E-state index contributed by atoms with van der Waals surface area (Å²) in [5.74, 6) is 0.518. The fourth-order valence-electron chi connectivity index (χ4n) is 1.42. The lowest BCUT2D eigenvalue weighted by Crippen LogP contribution is -1.94. The minimum absolute atomic E-state index is 0.280. The van der Waals surface area contributed by atoms with Gasteiger partial charge in [0.05, 0.1) is 12.3 Å². The van der Waals surface area contributed by atoms with Crippen LogP contribution in [0.1, 0.15) is 12.6 Å². The molecule has 0 unspecified atom stereocenters. The molecule has 0 amide bonds. The molecular weight excluding hydrogens is 257 g/mol. The second-order valence-electron chi connectivity index (χ2n) is 3.38. The number of benzene rings is 1. The molecule has 0 aliphatic heterocycles. The Morgan fingerprint density at radius 3 is 2.88 bits per heavy atom. The number of thiol groups is 1. The molecule has 0 saturated heterocycles. The molecular formula is C12H12FNOS2. The van der Waals surface area contributed by atoms with Crippen molar-refractivity contribution in [2.75, 3.05) is 6.61 Å². The molecule has 0 bridgehead atoms. The molecule has 0 aliphatic carbocycles. The quantitative estimate of drug-likeness (QED) is 0.853. The normalized spacial score (nSPS) is 10.5. The molecule has 0 spiro atoms. The highest BCUT2D eigenvalue weighted by Crippen LogP contribution is 2.28. The highest BCUT2D eigenvalue weighted by Gasteiger charge is 2.08. The van der Waals surface area contributed by atoms with Crippen LogP contribution in [0.2, 0.25) is 0 Å². The maximum Gasteiger partial charge on any atom is 0.165 e. The predicted molar refractivity (Wildman–Crippen MR) is 71.4 cm³/mol. The van der Waals surface area contributed by atoms with Gasteiger partial charge in [-0.25, -0.2) is 9.37 Å². The summed E-state index contributed by atoms with van der Waals surface area (Å²) in [6, 6.07) is 4.90. The zero-order chi connectivity index (χ0) is 12.3. The van der Waals surface area contributed by atoms with E-state index in [1.807, 2.05) is 18.4 Å². The van der Waals surface area contributed by atoms with Gasteiger partial charge in [0.25, 0.3) is 0 Å². The maximum absolute atomic E-state index is 13.6. The minimum Gasteiger partial charge on any atom is -0.491 e. The Hall–Kier alpha value is -1.07. The Balaban J connectivity index is 2.30. The number of aromatic nitrogens is 1. The van der Waals surface area contributed by atoms with E-state index in [1.165, 1.54) is 17.4 Å². The first-order valence-electron chi connectivity index (χ1n) is 5.22. The smallest absolute Gasteiger partial charge is 0.165 e. The van der Waals surface area contributed by atoms with E-state index in [2.05, 4.69) is 17.6 Å². The van der Waals surface area contributed by atoms with Gasteiger partial charge in [0.15, 0.2) is 11.6 Å². The van der Waals surface area contributed by atoms with E-state index in [1.54, 1.807) is 6.07 Å². The minimum atomic E-state index is -0.355. The van der Waals surface area contributed by atoms with Crippen molar-refractivity contribution in [1.29, 1.82) is 0 Å². The first-order chi connectivity index (χ1) is 8.24. The van der Waals surface area contributed by atoms with Crippen LogP contribution in [0.25, 0.3) is 10.6 Å². The van der Waals surface area contributed by atoms with Crippen LogP contribution in [0.3, 0.4) is 0 Å². The van der Waals surface area contributed by atoms with E-state index in [9.17, 15) is 4.39 Å². The average Bonchev–Trinajstić information content (AvgIpc) is 2.80. The van der Waals surface area contributed by atoms with Gasteiger partial charge in [-0.3, -0.25) is 0 Å². The van der Waals surface area contributed by atoms with Crippen molar-refractivity contribution >= 4 is 24.0 Å². The van der Waals surface area contributed by atoms with Crippen molar-refractivity contribution in [3.63, 3.8) is 0 Å². The van der Waals surface area contributed by atoms with Crippen LogP contribution in [0.5, 0.6) is 5.75 Å². The number of hydrogen-bond donors (Lipinski definition) is 1. The van der Waals surface area contributed by atoms with Crippen molar-refractivity contribution in [2.45, 2.75) is 12.7 Å². The van der Waals surface area contributed by atoms with Gasteiger partial charge in [-0.1, -0.05) is 0 Å². The van der Waals surface area contributed by atoms with Gasteiger partial charge in [0.1, 0.15) is 5.01 Å². The molecule has 1 heterocycles. The number of hydrogen-bond acceptors (Lipinski definition) is 4. The van der Waals surface area contributed by atoms with Crippen LogP contribution < -0.4 is 4.74 Å². The van der Waals surface area contributed by atoms with Crippen LogP contribution >= 0.6 is 24.0 Å². The topological polar surface area (TPSA) is 22.1 Å². The van der Waals surface area contributed by atoms with Crippen molar-refractivity contribution < 1.29 is 9.13 Å². The van der Waals surface area contributed by atoms with Crippen LogP contribution in [-0.2, 0) is 5.75 Å². The molecule has 0 radical (unpaired) electrons. The Kier molecular flexibility index (Phi) is 4.02. The summed E-state index contributed by atoms with van der Waals surface area (Å²) in [7, 11) is 0. The van der Waals surface area contributed by atoms with E-state index in [4.69, 9.17) is 4.74 Å². The lowest BCUT2D eigenvalue weighted by Gasteiger charge is -2.05. The number of halogens is 1. The predicted octanol–water partition coefficient (Wildman–Crippen LogP) is 3.78. The summed E-state index contributed by atoms with van der Waals surface area (Å²) < 4.78 is 18.8. The first-order valence-corrected chi connectivity index (χ1v) is 6.73. The fraction of sp³-hybridized carbons (Fsp3) is 0.250. The summed E-state index contributed by atoms with van der Waals surface area (Å²) in [5.41, 5.74) is 1.67. The van der Waals surface area contributed by atoms with E-state index in [-0.39, 0.29) is 11.6 Å². The highest BCUT2D eigenvalue weighted by atomic mass is 32.1. The number of thiazole rings is 1. The Morgan fingerprint density at radius 2 is 2.29 bits per heavy atom. The second-order valence-corrected chi connectivity index (χ2v) is 4.55. The Morgan fingerprint density at radius 1 is 1.47 bits per heavy atom. The van der Waals surface area contributed by atoms with Crippen LogP contribution in [-0.4, -0.2) is 11.6 Å². The van der Waals surface area contributed by atoms with Crippen molar-refractivity contribution in [3.05, 3.63) is 35.1 Å². The van der Waals surface area contributed by atoms with Crippen molar-refractivity contribution in [3.8, 4) is 16.3 Å². The molecule has 17 heavy (non-hydrogen) atoms. The monoisotopic (exact) mass is 269 g/mol. The summed E-state index contributed by atoms with van der Waals surface area (Å²) in [6.45, 7) is 2.28. The highest BCUT2D eigenvalue weighted by molar-refractivity contribution is 7.79. The average molecular weight is 269 g/mol. The largest absolute Gasteiger partial charge is 0.491 e. The number of rotatable bonds is 4. The standard InChI is InChI=1S/C12H12FNOS2/c1-2-15-11-4-3-8(5-10(11)13)12-14-9(6-16)7-17-12/h3-5,7,16H,2,6H2,1H3. The molecule has 1 aromatic carbocycles. The van der Waals surface area contributed by atoms with Crippen molar-refractivity contribution in [1.82, 2.24) is 4.98 Å². The van der Waals surface area contributed by atoms with E-state index in [0.29, 0.717) is 12.4 Å². The molecule has 0 saturated carbocycles. The van der Waals surface area contributed by atoms with Gasteiger partial charge >= 0.3 is 0 Å².